The molecule has 525 valence electrons. The first-order valence-electron chi connectivity index (χ1n) is 37.5. The third kappa shape index (κ3) is 13.2. The molecule has 25 heteroatoms. The van der Waals surface area contributed by atoms with Gasteiger partial charge in [-0.15, -0.1) is 23.2 Å². The quantitative estimate of drug-likeness (QED) is 0.137. The largest absolute Gasteiger partial charge is 2.00 e. The summed E-state index contributed by atoms with van der Waals surface area (Å²) in [5, 5.41) is 90.2. The molecule has 0 spiro atoms. The van der Waals surface area contributed by atoms with Crippen molar-refractivity contribution in [3.63, 3.8) is 0 Å². The van der Waals surface area contributed by atoms with Crippen LogP contribution in [0.15, 0.2) is 0 Å². The molecule has 0 amide bonds. The molecule has 16 N–H and O–H groups in total. The number of hydrogen-bond acceptors (Lipinski definition) is 22. The molecule has 36 atom stereocenters. The molecule has 1 radical (unpaired) electrons. The van der Waals surface area contributed by atoms with Gasteiger partial charge in [-0.3, -0.25) is 85.1 Å². The maximum atomic E-state index is 12.6. The van der Waals surface area contributed by atoms with Crippen molar-refractivity contribution >= 4 is 48.7 Å². The summed E-state index contributed by atoms with van der Waals surface area (Å²) in [5.41, 5.74) is 0. The molecular weight excluding hydrogens is 1270 g/mol. The minimum absolute atomic E-state index is 0. The van der Waals surface area contributed by atoms with Crippen LogP contribution in [0.5, 0.6) is 0 Å². The molecule has 8 saturated carbocycles. The summed E-state index contributed by atoms with van der Waals surface area (Å²) >= 11 is 13.6. The van der Waals surface area contributed by atoms with Gasteiger partial charge in [0.2, 0.25) is 0 Å². The van der Waals surface area contributed by atoms with Crippen LogP contribution in [0.25, 0.3) is 0 Å². The van der Waals surface area contributed by atoms with Gasteiger partial charge >= 0.3 is 17.1 Å². The number of halogens is 2. The first-order chi connectivity index (χ1) is 45.0. The molecule has 10 heterocycles. The molecule has 0 aromatic carbocycles. The van der Waals surface area contributed by atoms with E-state index in [1.165, 1.54) is 154 Å². The van der Waals surface area contributed by atoms with E-state index in [4.69, 9.17) is 32.8 Å². The van der Waals surface area contributed by atoms with Gasteiger partial charge < -0.3 is 29.4 Å². The zero-order valence-electron chi connectivity index (χ0n) is 54.5. The Morgan fingerprint density at radius 1 is 0.247 bits per heavy atom. The molecule has 0 aromatic rings. The zero-order chi connectivity index (χ0) is 63.1. The van der Waals surface area contributed by atoms with Gasteiger partial charge in [0.25, 0.3) is 0 Å². The average Bonchev–Trinajstić information content (AvgIpc) is 1.62. The number of carboxylic acids is 2. The fourth-order valence-corrected chi connectivity index (χ4v) is 25.4. The van der Waals surface area contributed by atoms with Crippen LogP contribution in [-0.2, 0) is 36.2 Å². The first kappa shape index (κ1) is 68.9. The van der Waals surface area contributed by atoms with E-state index in [2.05, 4.69) is 85.1 Å². The smallest absolute Gasteiger partial charge is 0.550 e. The topological polar surface area (TPSA) is 307 Å². The Morgan fingerprint density at radius 2 is 0.387 bits per heavy atom. The standard InChI is InChI=1S/2C33H55ClN8O2.2CH2O.Cu/c2*34-15-13-22-24(23(14-15)33(43)44)32-41-30-21-12-6-5-11-20(21)28(39-30)37-26-17-8-2-1-7-16(17)25(35-26)36-27-18-9-3-4-10-19(18)29(38-27)40-31(22)42-32;2*1-2;/h2*15-32,35-42H,1-14H2,(H,43,44);2*1H2;/q;;;;+2/p-2. The number of carboxylic acid groups (broad SMARTS) is 2. The summed E-state index contributed by atoms with van der Waals surface area (Å²) < 4.78 is 0. The Kier molecular flexibility index (Phi) is 22.0. The van der Waals surface area contributed by atoms with E-state index in [1.54, 1.807) is 0 Å². The van der Waals surface area contributed by atoms with Gasteiger partial charge in [0.05, 0.1) is 98.7 Å². The normalized spacial score (nSPS) is 53.8. The Labute approximate surface area is 572 Å². The van der Waals surface area contributed by atoms with Gasteiger partial charge in [-0.1, -0.05) is 77.0 Å². The van der Waals surface area contributed by atoms with Gasteiger partial charge in [-0.05, 0) is 186 Å². The van der Waals surface area contributed by atoms with E-state index in [-0.39, 0.29) is 125 Å². The Morgan fingerprint density at radius 3 is 0.538 bits per heavy atom. The number of nitrogens with one attached hydrogen (secondary N) is 16. The van der Waals surface area contributed by atoms with E-state index in [9.17, 15) is 19.8 Å². The van der Waals surface area contributed by atoms with Crippen LogP contribution in [0.4, 0.5) is 0 Å². The Bertz CT molecular complexity index is 2390. The van der Waals surface area contributed by atoms with Crippen LogP contribution in [0.1, 0.15) is 180 Å². The van der Waals surface area contributed by atoms with Crippen molar-refractivity contribution in [1.82, 2.24) is 85.1 Å². The number of fused-ring (bicyclic) bond motifs is 40. The van der Waals surface area contributed by atoms with E-state index < -0.39 is 23.8 Å². The summed E-state index contributed by atoms with van der Waals surface area (Å²) in [6.45, 7) is 4.00. The van der Waals surface area contributed by atoms with Crippen LogP contribution >= 0.6 is 23.2 Å². The number of carbonyl (C=O) groups excluding carboxylic acids is 4. The molecule has 36 unspecified atom stereocenters. The second-order valence-corrected chi connectivity index (χ2v) is 33.7. The first-order valence-corrected chi connectivity index (χ1v) is 38.3. The molecule has 0 aromatic heterocycles. The summed E-state index contributed by atoms with van der Waals surface area (Å²) in [6.07, 6.45) is 36.2. The van der Waals surface area contributed by atoms with Gasteiger partial charge in [0.1, 0.15) is 13.6 Å². The molecule has 22 nitrogen and oxygen atoms in total. The second-order valence-electron chi connectivity index (χ2n) is 32.5. The third-order valence-electron chi connectivity index (χ3n) is 28.4. The van der Waals surface area contributed by atoms with E-state index in [0.717, 1.165) is 12.8 Å². The molecule has 18 rings (SSSR count). The van der Waals surface area contributed by atoms with Gasteiger partial charge in [0, 0.05) is 46.4 Å². The van der Waals surface area contributed by atoms with E-state index >= 15 is 0 Å². The van der Waals surface area contributed by atoms with E-state index in [1.807, 2.05) is 13.6 Å². The van der Waals surface area contributed by atoms with Crippen molar-refractivity contribution in [1.29, 1.82) is 0 Å². The zero-order valence-corrected chi connectivity index (χ0v) is 57.0. The molecular formula is C68H112Cl2CuN16O6. The number of carbonyl (C=O) groups is 4. The SMILES string of the molecule is C=O.C=O.O=C([O-])C1CC(Cl)CC2C3NC4NC(NC5NC(NC6NC(NC(N3)C12)C1CCCCC61)C1CCCCC51)C1CCCCC41.O=C([O-])C1CC(Cl)CC2C3NC4NC(NC5NC(NC6NC(NC(N3)C12)C1CCCCC61)C1CCCCC51)C1CCCCC41.[Cu+2]. The fraction of sp³-hybridized carbons (Fsp3) is 0.941. The Balaban J connectivity index is 0.000000152. The third-order valence-corrected chi connectivity index (χ3v) is 29.1. The minimum Gasteiger partial charge on any atom is -0.550 e. The molecule has 8 aliphatic carbocycles. The summed E-state index contributed by atoms with van der Waals surface area (Å²) in [6, 6.07) is 0. The van der Waals surface area contributed by atoms with Crippen molar-refractivity contribution in [2.75, 3.05) is 0 Å². The predicted molar refractivity (Wildman–Crippen MR) is 346 cm³/mol. The fourth-order valence-electron chi connectivity index (χ4n) is 24.6. The molecule has 16 bridgehead atoms. The summed E-state index contributed by atoms with van der Waals surface area (Å²) in [5.74, 6) is 4.34. The number of hydrogen-bond donors (Lipinski definition) is 16. The van der Waals surface area contributed by atoms with Crippen LogP contribution < -0.4 is 95.3 Å². The molecule has 93 heavy (non-hydrogen) atoms. The van der Waals surface area contributed by atoms with Crippen molar-refractivity contribution in [3.8, 4) is 0 Å². The molecule has 10 aliphatic heterocycles. The molecule has 18 fully saturated rings. The predicted octanol–water partition coefficient (Wildman–Crippen LogP) is 1.23. The summed E-state index contributed by atoms with van der Waals surface area (Å²) in [4.78, 5) is 41.2. The van der Waals surface area contributed by atoms with Crippen LogP contribution in [-0.4, -0.2) is 135 Å². The second kappa shape index (κ2) is 29.7. The number of aliphatic carboxylic acids is 2. The van der Waals surface area contributed by atoms with Crippen LogP contribution in [0.2, 0.25) is 0 Å². The van der Waals surface area contributed by atoms with Gasteiger partial charge in [-0.2, -0.15) is 0 Å². The monoisotopic (exact) mass is 1380 g/mol. The van der Waals surface area contributed by atoms with Crippen LogP contribution in [0, 0.1) is 107 Å². The van der Waals surface area contributed by atoms with Gasteiger partial charge in [-0.25, -0.2) is 0 Å². The maximum Gasteiger partial charge on any atom is 2.00 e. The average molecular weight is 1380 g/mol. The van der Waals surface area contributed by atoms with Crippen molar-refractivity contribution < 1.29 is 46.5 Å². The number of rotatable bonds is 2. The summed E-state index contributed by atoms with van der Waals surface area (Å²) in [7, 11) is 0. The van der Waals surface area contributed by atoms with Gasteiger partial charge in [0.15, 0.2) is 0 Å². The van der Waals surface area contributed by atoms with Crippen molar-refractivity contribution in [3.05, 3.63) is 0 Å². The van der Waals surface area contributed by atoms with Crippen molar-refractivity contribution in [2.45, 2.75) is 289 Å². The minimum atomic E-state index is -0.945. The Hall–Kier alpha value is -1.26. The number of alkyl halides is 2. The molecule has 10 saturated heterocycles. The molecule has 18 aliphatic rings. The van der Waals surface area contributed by atoms with Crippen molar-refractivity contribution in [2.24, 2.45) is 107 Å². The van der Waals surface area contributed by atoms with Crippen LogP contribution in [0.3, 0.4) is 0 Å². The maximum absolute atomic E-state index is 12.6. The van der Waals surface area contributed by atoms with E-state index in [0.29, 0.717) is 109 Å².